The zero-order valence-corrected chi connectivity index (χ0v) is 14.4. The number of rotatable bonds is 1. The van der Waals surface area contributed by atoms with E-state index in [9.17, 15) is 4.79 Å². The fourth-order valence-electron chi connectivity index (χ4n) is 4.42. The molecule has 1 spiro atoms. The number of carbonyl (C=O) groups is 1. The molecule has 132 valence electrons. The van der Waals surface area contributed by atoms with Crippen molar-refractivity contribution in [1.29, 1.82) is 0 Å². The highest BCUT2D eigenvalue weighted by Gasteiger charge is 2.51. The number of fused-ring (bicyclic) bond motifs is 3. The minimum absolute atomic E-state index is 0.147. The zero-order valence-electron chi connectivity index (χ0n) is 14.4. The number of aromatic nitrogens is 4. The summed E-state index contributed by atoms with van der Waals surface area (Å²) < 4.78 is 0. The van der Waals surface area contributed by atoms with E-state index in [4.69, 9.17) is 5.73 Å². The van der Waals surface area contributed by atoms with Gasteiger partial charge in [0.05, 0.1) is 17.0 Å². The second-order valence-electron chi connectivity index (χ2n) is 7.03. The number of piperidine rings is 1. The number of anilines is 3. The summed E-state index contributed by atoms with van der Waals surface area (Å²) >= 11 is 0. The lowest BCUT2D eigenvalue weighted by atomic mass is 9.75. The average molecular weight is 349 g/mol. The number of amides is 1. The number of aromatic amines is 1. The first-order chi connectivity index (χ1) is 12.6. The van der Waals surface area contributed by atoms with Crippen LogP contribution in [0.4, 0.5) is 17.5 Å². The number of nitrogens with two attached hydrogens (primary N) is 1. The molecule has 5 rings (SSSR count). The molecule has 2 aliphatic rings. The number of nitrogens with zero attached hydrogens (tertiary/aromatic N) is 5. The third-order valence-corrected chi connectivity index (χ3v) is 5.59. The minimum Gasteiger partial charge on any atom is -0.368 e. The van der Waals surface area contributed by atoms with Crippen molar-refractivity contribution in [3.63, 3.8) is 0 Å². The lowest BCUT2D eigenvalue weighted by Crippen LogP contribution is -2.51. The Kier molecular flexibility index (Phi) is 3.01. The molecule has 2 aliphatic heterocycles. The van der Waals surface area contributed by atoms with Gasteiger partial charge in [-0.1, -0.05) is 18.2 Å². The van der Waals surface area contributed by atoms with Crippen LogP contribution >= 0.6 is 0 Å². The number of nitrogen functional groups attached to an aromatic ring is 1. The maximum absolute atomic E-state index is 13.2. The molecule has 3 N–H and O–H groups in total. The van der Waals surface area contributed by atoms with E-state index in [-0.39, 0.29) is 11.9 Å². The van der Waals surface area contributed by atoms with Crippen LogP contribution in [-0.4, -0.2) is 46.2 Å². The van der Waals surface area contributed by atoms with Crippen LogP contribution in [0.25, 0.3) is 11.0 Å². The standard InChI is InChI=1S/C18H19N7O/c1-24-13-6-3-2-5-12(13)18(16(24)26)7-4-8-25(10-18)15-11-9-20-23-14(11)21-17(19)22-15/h2-3,5-6,9H,4,7-8,10H2,1H3,(H3,19,20,21,22,23). The second-order valence-corrected chi connectivity index (χ2v) is 7.03. The van der Waals surface area contributed by atoms with Gasteiger partial charge in [-0.05, 0) is 24.5 Å². The summed E-state index contributed by atoms with van der Waals surface area (Å²) in [6.45, 7) is 1.39. The fraction of sp³-hybridized carbons (Fsp3) is 0.333. The molecule has 1 saturated heterocycles. The highest BCUT2D eigenvalue weighted by Crippen LogP contribution is 2.47. The van der Waals surface area contributed by atoms with E-state index in [2.05, 4.69) is 31.1 Å². The molecule has 1 amide bonds. The molecule has 0 aliphatic carbocycles. The summed E-state index contributed by atoms with van der Waals surface area (Å²) in [5.74, 6) is 1.08. The number of likely N-dealkylation sites (N-methyl/N-ethyl adjacent to an activating group) is 1. The summed E-state index contributed by atoms with van der Waals surface area (Å²) in [7, 11) is 1.85. The molecule has 0 bridgehead atoms. The molecule has 8 nitrogen and oxygen atoms in total. The van der Waals surface area contributed by atoms with Crippen LogP contribution in [-0.2, 0) is 10.2 Å². The maximum Gasteiger partial charge on any atom is 0.239 e. The van der Waals surface area contributed by atoms with Gasteiger partial charge in [0.2, 0.25) is 11.9 Å². The number of nitrogens with one attached hydrogen (secondary N) is 1. The number of H-pyrrole nitrogens is 1. The van der Waals surface area contributed by atoms with E-state index in [1.165, 1.54) is 0 Å². The van der Waals surface area contributed by atoms with Gasteiger partial charge in [-0.25, -0.2) is 0 Å². The van der Waals surface area contributed by atoms with Crippen LogP contribution in [0.2, 0.25) is 0 Å². The quantitative estimate of drug-likeness (QED) is 0.689. The Hall–Kier alpha value is -3.16. The Morgan fingerprint density at radius 2 is 2.12 bits per heavy atom. The normalized spacial score (nSPS) is 22.4. The van der Waals surface area contributed by atoms with E-state index in [0.29, 0.717) is 12.2 Å². The predicted octanol–water partition coefficient (Wildman–Crippen LogP) is 1.45. The smallest absolute Gasteiger partial charge is 0.239 e. The largest absolute Gasteiger partial charge is 0.368 e. The van der Waals surface area contributed by atoms with E-state index in [0.717, 1.165) is 41.8 Å². The monoisotopic (exact) mass is 349 g/mol. The van der Waals surface area contributed by atoms with Crippen molar-refractivity contribution in [2.75, 3.05) is 35.7 Å². The molecular formula is C18H19N7O. The van der Waals surface area contributed by atoms with Crippen LogP contribution < -0.4 is 15.5 Å². The molecule has 1 aromatic carbocycles. The van der Waals surface area contributed by atoms with Crippen LogP contribution in [0, 0.1) is 0 Å². The molecule has 8 heteroatoms. The second kappa shape index (κ2) is 5.17. The molecule has 1 unspecified atom stereocenters. The highest BCUT2D eigenvalue weighted by atomic mass is 16.2. The van der Waals surface area contributed by atoms with Crippen molar-refractivity contribution in [1.82, 2.24) is 20.2 Å². The van der Waals surface area contributed by atoms with Gasteiger partial charge in [0, 0.05) is 25.8 Å². The molecule has 0 radical (unpaired) electrons. The summed E-state index contributed by atoms with van der Waals surface area (Å²) in [5, 5.41) is 7.74. The Bertz CT molecular complexity index is 1030. The molecule has 4 heterocycles. The number of carbonyl (C=O) groups excluding carboxylic acids is 1. The highest BCUT2D eigenvalue weighted by molar-refractivity contribution is 6.08. The van der Waals surface area contributed by atoms with Crippen molar-refractivity contribution in [2.24, 2.45) is 0 Å². The maximum atomic E-state index is 13.2. The Balaban J connectivity index is 1.63. The van der Waals surface area contributed by atoms with E-state index >= 15 is 0 Å². The van der Waals surface area contributed by atoms with Crippen molar-refractivity contribution < 1.29 is 4.79 Å². The number of para-hydroxylation sites is 1. The molecule has 3 aromatic rings. The molecule has 2 aromatic heterocycles. The fourth-order valence-corrected chi connectivity index (χ4v) is 4.42. The van der Waals surface area contributed by atoms with E-state index in [1.54, 1.807) is 11.1 Å². The Morgan fingerprint density at radius 1 is 1.27 bits per heavy atom. The van der Waals surface area contributed by atoms with Gasteiger partial charge in [0.25, 0.3) is 0 Å². The minimum atomic E-state index is -0.542. The van der Waals surface area contributed by atoms with Crippen molar-refractivity contribution >= 4 is 34.4 Å². The summed E-state index contributed by atoms with van der Waals surface area (Å²) in [5.41, 5.74) is 8.06. The Labute approximate surface area is 150 Å². The molecule has 26 heavy (non-hydrogen) atoms. The van der Waals surface area contributed by atoms with Crippen LogP contribution in [0.3, 0.4) is 0 Å². The Morgan fingerprint density at radius 3 is 3.00 bits per heavy atom. The number of hydrogen-bond acceptors (Lipinski definition) is 6. The summed E-state index contributed by atoms with van der Waals surface area (Å²) in [4.78, 5) is 25.8. The van der Waals surface area contributed by atoms with Crippen LogP contribution in [0.1, 0.15) is 18.4 Å². The third-order valence-electron chi connectivity index (χ3n) is 5.59. The zero-order chi connectivity index (χ0) is 17.9. The summed E-state index contributed by atoms with van der Waals surface area (Å²) in [6.07, 6.45) is 3.44. The first kappa shape index (κ1) is 15.1. The summed E-state index contributed by atoms with van der Waals surface area (Å²) in [6, 6.07) is 8.06. The average Bonchev–Trinajstić information content (AvgIpc) is 3.20. The molecule has 1 fully saturated rings. The van der Waals surface area contributed by atoms with Gasteiger partial charge < -0.3 is 15.5 Å². The number of hydrogen-bond donors (Lipinski definition) is 2. The predicted molar refractivity (Wildman–Crippen MR) is 99.1 cm³/mol. The van der Waals surface area contributed by atoms with Gasteiger partial charge in [0.1, 0.15) is 5.82 Å². The first-order valence-electron chi connectivity index (χ1n) is 8.69. The number of benzene rings is 1. The van der Waals surface area contributed by atoms with Gasteiger partial charge in [0.15, 0.2) is 5.65 Å². The molecule has 0 saturated carbocycles. The van der Waals surface area contributed by atoms with E-state index in [1.807, 2.05) is 25.2 Å². The topological polar surface area (TPSA) is 104 Å². The van der Waals surface area contributed by atoms with Gasteiger partial charge in [-0.15, -0.1) is 0 Å². The third kappa shape index (κ3) is 1.89. The van der Waals surface area contributed by atoms with Crippen molar-refractivity contribution in [3.8, 4) is 0 Å². The lowest BCUT2D eigenvalue weighted by Gasteiger charge is -2.40. The molecular weight excluding hydrogens is 330 g/mol. The van der Waals surface area contributed by atoms with Crippen molar-refractivity contribution in [3.05, 3.63) is 36.0 Å². The van der Waals surface area contributed by atoms with Gasteiger partial charge >= 0.3 is 0 Å². The van der Waals surface area contributed by atoms with E-state index < -0.39 is 5.41 Å². The molecule has 1 atom stereocenters. The van der Waals surface area contributed by atoms with Gasteiger partial charge in [-0.2, -0.15) is 15.1 Å². The lowest BCUT2D eigenvalue weighted by molar-refractivity contribution is -0.123. The SMILES string of the molecule is CN1C(=O)C2(CCCN(c3nc(N)nc4[nH]ncc34)C2)c2ccccc21. The van der Waals surface area contributed by atoms with Crippen molar-refractivity contribution in [2.45, 2.75) is 18.3 Å². The van der Waals surface area contributed by atoms with Gasteiger partial charge in [-0.3, -0.25) is 9.89 Å². The first-order valence-corrected chi connectivity index (χ1v) is 8.69. The van der Waals surface area contributed by atoms with Crippen LogP contribution in [0.5, 0.6) is 0 Å². The van der Waals surface area contributed by atoms with Crippen LogP contribution in [0.15, 0.2) is 30.5 Å².